The Morgan fingerprint density at radius 3 is 2.70 bits per heavy atom. The maximum absolute atomic E-state index is 12.3. The molecule has 2 aromatic rings. The fourth-order valence-electron chi connectivity index (χ4n) is 2.04. The van der Waals surface area contributed by atoms with E-state index < -0.39 is 5.41 Å². The summed E-state index contributed by atoms with van der Waals surface area (Å²) in [5.41, 5.74) is 0.543. The van der Waals surface area contributed by atoms with Crippen LogP contribution in [0.1, 0.15) is 27.7 Å². The molecule has 0 atom stereocenters. The number of rotatable bonds is 5. The number of hydrogen-bond donors (Lipinski definition) is 0. The van der Waals surface area contributed by atoms with Crippen LogP contribution < -0.4 is 9.54 Å². The highest BCUT2D eigenvalue weighted by Crippen LogP contribution is 2.23. The van der Waals surface area contributed by atoms with Crippen LogP contribution in [0.25, 0.3) is 10.2 Å². The first kappa shape index (κ1) is 17.7. The summed E-state index contributed by atoms with van der Waals surface area (Å²) in [6.07, 6.45) is 0. The fraction of sp³-hybridized carbons (Fsp3) is 0.529. The SMILES string of the molecule is CCOCCn1c(=NC(=O)C(C)(C)C)sc2cc(OC)ccc21. The molecule has 0 aliphatic carbocycles. The second-order valence-electron chi connectivity index (χ2n) is 6.23. The molecule has 0 N–H and O–H groups in total. The van der Waals surface area contributed by atoms with E-state index in [9.17, 15) is 4.79 Å². The molecule has 0 aliphatic heterocycles. The Morgan fingerprint density at radius 2 is 2.09 bits per heavy atom. The van der Waals surface area contributed by atoms with E-state index in [-0.39, 0.29) is 5.91 Å². The smallest absolute Gasteiger partial charge is 0.253 e. The monoisotopic (exact) mass is 336 g/mol. The summed E-state index contributed by atoms with van der Waals surface area (Å²) in [6.45, 7) is 9.51. The summed E-state index contributed by atoms with van der Waals surface area (Å²) in [4.78, 5) is 17.3. The lowest BCUT2D eigenvalue weighted by Crippen LogP contribution is -2.24. The van der Waals surface area contributed by atoms with Gasteiger partial charge in [0.05, 0.1) is 23.9 Å². The van der Waals surface area contributed by atoms with Gasteiger partial charge in [-0.05, 0) is 25.1 Å². The Bertz CT molecular complexity index is 753. The first-order valence-corrected chi connectivity index (χ1v) is 8.52. The predicted molar refractivity (Wildman–Crippen MR) is 92.9 cm³/mol. The maximum atomic E-state index is 12.3. The third kappa shape index (κ3) is 4.20. The Hall–Kier alpha value is -1.66. The summed E-state index contributed by atoms with van der Waals surface area (Å²) in [6, 6.07) is 5.89. The summed E-state index contributed by atoms with van der Waals surface area (Å²) in [5, 5.41) is 0. The topological polar surface area (TPSA) is 52.8 Å². The fourth-order valence-corrected chi connectivity index (χ4v) is 3.12. The van der Waals surface area contributed by atoms with Crippen LogP contribution in [0, 0.1) is 5.41 Å². The molecule has 0 saturated carbocycles. The molecule has 0 unspecified atom stereocenters. The van der Waals surface area contributed by atoms with Crippen molar-refractivity contribution in [1.29, 1.82) is 0 Å². The summed E-state index contributed by atoms with van der Waals surface area (Å²) >= 11 is 1.50. The predicted octanol–water partition coefficient (Wildman–Crippen LogP) is 3.22. The summed E-state index contributed by atoms with van der Waals surface area (Å²) < 4.78 is 13.8. The molecule has 126 valence electrons. The number of amides is 1. The number of fused-ring (bicyclic) bond motifs is 1. The number of carbonyl (C=O) groups excluding carboxylic acids is 1. The van der Waals surface area contributed by atoms with Crippen molar-refractivity contribution in [1.82, 2.24) is 4.57 Å². The van der Waals surface area contributed by atoms with E-state index in [1.165, 1.54) is 11.3 Å². The van der Waals surface area contributed by atoms with Crippen LogP contribution in [0.3, 0.4) is 0 Å². The van der Waals surface area contributed by atoms with E-state index in [0.717, 1.165) is 16.0 Å². The summed E-state index contributed by atoms with van der Waals surface area (Å²) in [5.74, 6) is 0.672. The standard InChI is InChI=1S/C17H24N2O3S/c1-6-22-10-9-19-13-8-7-12(21-5)11-14(13)23-16(19)18-15(20)17(2,3)4/h7-8,11H,6,9-10H2,1-5H3. The Balaban J connectivity index is 2.54. The van der Waals surface area contributed by atoms with E-state index in [4.69, 9.17) is 9.47 Å². The van der Waals surface area contributed by atoms with E-state index in [1.54, 1.807) is 7.11 Å². The average molecular weight is 336 g/mol. The zero-order valence-electron chi connectivity index (χ0n) is 14.4. The number of aromatic nitrogens is 1. The molecule has 0 spiro atoms. The number of nitrogens with zero attached hydrogens (tertiary/aromatic N) is 2. The first-order chi connectivity index (χ1) is 10.9. The molecule has 5 nitrogen and oxygen atoms in total. The zero-order valence-corrected chi connectivity index (χ0v) is 15.2. The molecule has 1 amide bonds. The lowest BCUT2D eigenvalue weighted by molar-refractivity contribution is -0.125. The quantitative estimate of drug-likeness (QED) is 0.788. The molecule has 0 fully saturated rings. The Kier molecular flexibility index (Phi) is 5.59. The first-order valence-electron chi connectivity index (χ1n) is 7.71. The molecule has 0 radical (unpaired) electrons. The minimum atomic E-state index is -0.494. The third-order valence-electron chi connectivity index (χ3n) is 3.39. The second kappa shape index (κ2) is 7.27. The number of carbonyl (C=O) groups is 1. The minimum absolute atomic E-state index is 0.124. The molecule has 1 aromatic heterocycles. The highest BCUT2D eigenvalue weighted by molar-refractivity contribution is 7.16. The van der Waals surface area contributed by atoms with Crippen molar-refractivity contribution in [3.05, 3.63) is 23.0 Å². The molecule has 1 aromatic carbocycles. The molecular weight excluding hydrogens is 312 g/mol. The van der Waals surface area contributed by atoms with Crippen LogP contribution in [-0.4, -0.2) is 30.8 Å². The number of hydrogen-bond acceptors (Lipinski definition) is 4. The second-order valence-corrected chi connectivity index (χ2v) is 7.24. The van der Waals surface area contributed by atoms with Gasteiger partial charge in [-0.2, -0.15) is 4.99 Å². The molecule has 1 heterocycles. The number of benzene rings is 1. The summed E-state index contributed by atoms with van der Waals surface area (Å²) in [7, 11) is 1.65. The van der Waals surface area contributed by atoms with E-state index >= 15 is 0 Å². The van der Waals surface area contributed by atoms with Crippen LogP contribution in [-0.2, 0) is 16.1 Å². The van der Waals surface area contributed by atoms with Crippen molar-refractivity contribution in [2.45, 2.75) is 34.2 Å². The van der Waals surface area contributed by atoms with Crippen LogP contribution in [0.15, 0.2) is 23.2 Å². The molecule has 0 aliphatic rings. The van der Waals surface area contributed by atoms with Gasteiger partial charge in [0.15, 0.2) is 4.80 Å². The van der Waals surface area contributed by atoms with Gasteiger partial charge in [0.2, 0.25) is 0 Å². The van der Waals surface area contributed by atoms with Gasteiger partial charge in [0.25, 0.3) is 5.91 Å². The number of thiazole rings is 1. The van der Waals surface area contributed by atoms with E-state index in [2.05, 4.69) is 4.99 Å². The van der Waals surface area contributed by atoms with Gasteiger partial charge >= 0.3 is 0 Å². The average Bonchev–Trinajstić information content (AvgIpc) is 2.83. The van der Waals surface area contributed by atoms with Gasteiger partial charge in [0, 0.05) is 18.6 Å². The van der Waals surface area contributed by atoms with E-state index in [0.29, 0.717) is 24.6 Å². The van der Waals surface area contributed by atoms with Crippen LogP contribution in [0.5, 0.6) is 5.75 Å². The lowest BCUT2D eigenvalue weighted by Gasteiger charge is -2.12. The van der Waals surface area contributed by atoms with Crippen LogP contribution >= 0.6 is 11.3 Å². The number of methoxy groups -OCH3 is 1. The highest BCUT2D eigenvalue weighted by Gasteiger charge is 2.21. The third-order valence-corrected chi connectivity index (χ3v) is 4.43. The molecule has 23 heavy (non-hydrogen) atoms. The van der Waals surface area contributed by atoms with Gasteiger partial charge in [-0.15, -0.1) is 0 Å². The van der Waals surface area contributed by atoms with Gasteiger partial charge < -0.3 is 14.0 Å². The van der Waals surface area contributed by atoms with Crippen molar-refractivity contribution in [3.63, 3.8) is 0 Å². The van der Waals surface area contributed by atoms with Crippen molar-refractivity contribution in [2.75, 3.05) is 20.3 Å². The van der Waals surface area contributed by atoms with Crippen molar-refractivity contribution in [2.24, 2.45) is 10.4 Å². The molecule has 0 saturated heterocycles. The molecular formula is C17H24N2O3S. The van der Waals surface area contributed by atoms with Gasteiger partial charge in [0.1, 0.15) is 5.75 Å². The Labute approximate surface area is 140 Å². The van der Waals surface area contributed by atoms with Crippen molar-refractivity contribution < 1.29 is 14.3 Å². The maximum Gasteiger partial charge on any atom is 0.253 e. The minimum Gasteiger partial charge on any atom is -0.497 e. The normalized spacial score (nSPS) is 12.8. The largest absolute Gasteiger partial charge is 0.497 e. The van der Waals surface area contributed by atoms with Gasteiger partial charge in [-0.25, -0.2) is 0 Å². The lowest BCUT2D eigenvalue weighted by atomic mass is 9.96. The van der Waals surface area contributed by atoms with Crippen molar-refractivity contribution >= 4 is 27.5 Å². The van der Waals surface area contributed by atoms with Crippen LogP contribution in [0.2, 0.25) is 0 Å². The van der Waals surface area contributed by atoms with Crippen molar-refractivity contribution in [3.8, 4) is 5.75 Å². The molecule has 2 rings (SSSR count). The molecule has 0 bridgehead atoms. The molecule has 6 heteroatoms. The zero-order chi connectivity index (χ0) is 17.0. The van der Waals surface area contributed by atoms with Crippen LogP contribution in [0.4, 0.5) is 0 Å². The van der Waals surface area contributed by atoms with Gasteiger partial charge in [-0.3, -0.25) is 4.79 Å². The highest BCUT2D eigenvalue weighted by atomic mass is 32.1. The Morgan fingerprint density at radius 1 is 1.35 bits per heavy atom. The van der Waals surface area contributed by atoms with E-state index in [1.807, 2.05) is 50.5 Å². The van der Waals surface area contributed by atoms with Gasteiger partial charge in [-0.1, -0.05) is 32.1 Å². The number of ether oxygens (including phenoxy) is 2.